The van der Waals surface area contributed by atoms with Gasteiger partial charge in [-0.2, -0.15) is 0 Å². The second-order valence-electron chi connectivity index (χ2n) is 3.68. The zero-order valence-electron chi connectivity index (χ0n) is 8.12. The maximum Gasteiger partial charge on any atom is 0.0860 e. The summed E-state index contributed by atoms with van der Waals surface area (Å²) < 4.78 is 7.69. The van der Waals surface area contributed by atoms with Crippen LogP contribution in [0.15, 0.2) is 27.1 Å². The van der Waals surface area contributed by atoms with E-state index in [1.54, 1.807) is 0 Å². The van der Waals surface area contributed by atoms with E-state index in [0.717, 1.165) is 20.9 Å². The molecule has 1 aromatic carbocycles. The van der Waals surface area contributed by atoms with Crippen LogP contribution in [0.1, 0.15) is 24.5 Å². The van der Waals surface area contributed by atoms with Crippen molar-refractivity contribution in [3.63, 3.8) is 0 Å². The SMILES string of the molecule is OC1CCOC(c2cccc(Br)c2Br)C1. The molecule has 4 heteroatoms. The Kier molecular flexibility index (Phi) is 3.83. The molecule has 1 saturated heterocycles. The molecule has 1 aromatic rings. The summed E-state index contributed by atoms with van der Waals surface area (Å²) in [6, 6.07) is 5.99. The van der Waals surface area contributed by atoms with Gasteiger partial charge in [-0.1, -0.05) is 12.1 Å². The molecule has 1 aliphatic rings. The summed E-state index contributed by atoms with van der Waals surface area (Å²) in [4.78, 5) is 0. The number of benzene rings is 1. The monoisotopic (exact) mass is 334 g/mol. The van der Waals surface area contributed by atoms with Crippen molar-refractivity contribution >= 4 is 31.9 Å². The highest BCUT2D eigenvalue weighted by Crippen LogP contribution is 2.36. The van der Waals surface area contributed by atoms with Crippen molar-refractivity contribution in [3.05, 3.63) is 32.7 Å². The van der Waals surface area contributed by atoms with E-state index in [4.69, 9.17) is 4.74 Å². The zero-order chi connectivity index (χ0) is 10.8. The van der Waals surface area contributed by atoms with E-state index in [0.29, 0.717) is 13.0 Å². The standard InChI is InChI=1S/C11H12Br2O2/c12-9-3-1-2-8(11(9)13)10-6-7(14)4-5-15-10/h1-3,7,10,14H,4-6H2. The minimum Gasteiger partial charge on any atom is -0.393 e. The van der Waals surface area contributed by atoms with E-state index in [1.807, 2.05) is 18.2 Å². The van der Waals surface area contributed by atoms with Crippen LogP contribution in [0.2, 0.25) is 0 Å². The van der Waals surface area contributed by atoms with Crippen molar-refractivity contribution in [1.82, 2.24) is 0 Å². The topological polar surface area (TPSA) is 29.5 Å². The van der Waals surface area contributed by atoms with Crippen LogP contribution in [0, 0.1) is 0 Å². The lowest BCUT2D eigenvalue weighted by Gasteiger charge is -2.27. The Morgan fingerprint density at radius 2 is 2.13 bits per heavy atom. The summed E-state index contributed by atoms with van der Waals surface area (Å²) in [6.07, 6.45) is 1.17. The number of ether oxygens (including phenoxy) is 1. The molecule has 1 N–H and O–H groups in total. The second-order valence-corrected chi connectivity index (χ2v) is 5.33. The Labute approximate surface area is 106 Å². The molecule has 1 fully saturated rings. The van der Waals surface area contributed by atoms with Gasteiger partial charge in [-0.15, -0.1) is 0 Å². The third-order valence-electron chi connectivity index (χ3n) is 2.58. The van der Waals surface area contributed by atoms with Gasteiger partial charge in [0, 0.05) is 22.0 Å². The van der Waals surface area contributed by atoms with E-state index in [1.165, 1.54) is 0 Å². The predicted octanol–water partition coefficient (Wildman–Crippen LogP) is 3.42. The third-order valence-corrected chi connectivity index (χ3v) is 4.66. The quantitative estimate of drug-likeness (QED) is 0.852. The molecule has 0 radical (unpaired) electrons. The van der Waals surface area contributed by atoms with Crippen molar-refractivity contribution in [2.75, 3.05) is 6.61 Å². The van der Waals surface area contributed by atoms with Crippen LogP contribution in [-0.2, 0) is 4.74 Å². The van der Waals surface area contributed by atoms with Gasteiger partial charge in [0.05, 0.1) is 12.2 Å². The Bertz CT molecular complexity index is 354. The lowest BCUT2D eigenvalue weighted by Crippen LogP contribution is -2.23. The van der Waals surface area contributed by atoms with Gasteiger partial charge < -0.3 is 9.84 Å². The van der Waals surface area contributed by atoms with Crippen LogP contribution in [0.25, 0.3) is 0 Å². The summed E-state index contributed by atoms with van der Waals surface area (Å²) in [6.45, 7) is 0.630. The van der Waals surface area contributed by atoms with Crippen LogP contribution in [0.4, 0.5) is 0 Å². The van der Waals surface area contributed by atoms with Crippen molar-refractivity contribution < 1.29 is 9.84 Å². The first-order valence-corrected chi connectivity index (χ1v) is 6.50. The summed E-state index contributed by atoms with van der Waals surface area (Å²) in [5, 5.41) is 9.59. The smallest absolute Gasteiger partial charge is 0.0860 e. The first-order valence-electron chi connectivity index (χ1n) is 4.92. The van der Waals surface area contributed by atoms with Gasteiger partial charge in [0.2, 0.25) is 0 Å². The number of rotatable bonds is 1. The largest absolute Gasteiger partial charge is 0.393 e. The number of aliphatic hydroxyl groups excluding tert-OH is 1. The highest BCUT2D eigenvalue weighted by Gasteiger charge is 2.24. The molecule has 15 heavy (non-hydrogen) atoms. The first-order chi connectivity index (χ1) is 7.18. The maximum absolute atomic E-state index is 9.59. The van der Waals surface area contributed by atoms with Crippen molar-refractivity contribution in [3.8, 4) is 0 Å². The summed E-state index contributed by atoms with van der Waals surface area (Å²) in [5.74, 6) is 0. The predicted molar refractivity (Wildman–Crippen MR) is 65.8 cm³/mol. The molecule has 0 aliphatic carbocycles. The second kappa shape index (κ2) is 4.95. The Balaban J connectivity index is 2.24. The van der Waals surface area contributed by atoms with Crippen LogP contribution in [-0.4, -0.2) is 17.8 Å². The number of hydrogen-bond donors (Lipinski definition) is 1. The lowest BCUT2D eigenvalue weighted by atomic mass is 9.99. The van der Waals surface area contributed by atoms with Crippen LogP contribution in [0.3, 0.4) is 0 Å². The van der Waals surface area contributed by atoms with Gasteiger partial charge in [0.25, 0.3) is 0 Å². The maximum atomic E-state index is 9.59. The summed E-state index contributed by atoms with van der Waals surface area (Å²) in [7, 11) is 0. The fourth-order valence-corrected chi connectivity index (χ4v) is 2.67. The van der Waals surface area contributed by atoms with E-state index in [9.17, 15) is 5.11 Å². The van der Waals surface area contributed by atoms with Crippen LogP contribution < -0.4 is 0 Å². The fraction of sp³-hybridized carbons (Fsp3) is 0.455. The number of halogens is 2. The van der Waals surface area contributed by atoms with E-state index in [2.05, 4.69) is 31.9 Å². The summed E-state index contributed by atoms with van der Waals surface area (Å²) in [5.41, 5.74) is 1.10. The van der Waals surface area contributed by atoms with Crippen LogP contribution >= 0.6 is 31.9 Å². The van der Waals surface area contributed by atoms with Gasteiger partial charge in [-0.3, -0.25) is 0 Å². The van der Waals surface area contributed by atoms with Gasteiger partial charge >= 0.3 is 0 Å². The minimum absolute atomic E-state index is 0.000579. The first kappa shape index (κ1) is 11.6. The Morgan fingerprint density at radius 1 is 1.33 bits per heavy atom. The number of aliphatic hydroxyl groups is 1. The normalized spacial score (nSPS) is 26.6. The van der Waals surface area contributed by atoms with Crippen molar-refractivity contribution in [2.24, 2.45) is 0 Å². The lowest BCUT2D eigenvalue weighted by molar-refractivity contribution is -0.0451. The average molecular weight is 336 g/mol. The molecule has 1 heterocycles. The molecule has 82 valence electrons. The number of hydrogen-bond acceptors (Lipinski definition) is 2. The van der Waals surface area contributed by atoms with Crippen molar-refractivity contribution in [1.29, 1.82) is 0 Å². The average Bonchev–Trinajstić information content (AvgIpc) is 2.22. The molecule has 0 bridgehead atoms. The van der Waals surface area contributed by atoms with E-state index in [-0.39, 0.29) is 12.2 Å². The summed E-state index contributed by atoms with van der Waals surface area (Å²) >= 11 is 6.99. The third kappa shape index (κ3) is 2.61. The molecular formula is C11H12Br2O2. The Hall–Kier alpha value is 0.1000. The van der Waals surface area contributed by atoms with E-state index < -0.39 is 0 Å². The van der Waals surface area contributed by atoms with Gasteiger partial charge in [0.1, 0.15) is 0 Å². The minimum atomic E-state index is -0.241. The molecule has 2 nitrogen and oxygen atoms in total. The van der Waals surface area contributed by atoms with Gasteiger partial charge in [-0.05, 0) is 49.9 Å². The molecule has 2 rings (SSSR count). The zero-order valence-corrected chi connectivity index (χ0v) is 11.3. The molecule has 0 spiro atoms. The van der Waals surface area contributed by atoms with E-state index >= 15 is 0 Å². The highest BCUT2D eigenvalue weighted by molar-refractivity contribution is 9.13. The molecule has 0 saturated carbocycles. The molecule has 2 atom stereocenters. The molecular weight excluding hydrogens is 324 g/mol. The molecule has 2 unspecified atom stereocenters. The highest BCUT2D eigenvalue weighted by atomic mass is 79.9. The molecule has 1 aliphatic heterocycles. The fourth-order valence-electron chi connectivity index (χ4n) is 1.77. The molecule has 0 amide bonds. The van der Waals surface area contributed by atoms with Crippen LogP contribution in [0.5, 0.6) is 0 Å². The molecule has 0 aromatic heterocycles. The van der Waals surface area contributed by atoms with Gasteiger partial charge in [0.15, 0.2) is 0 Å². The van der Waals surface area contributed by atoms with Gasteiger partial charge in [-0.25, -0.2) is 0 Å². The Morgan fingerprint density at radius 3 is 2.87 bits per heavy atom. The van der Waals surface area contributed by atoms with Crippen molar-refractivity contribution in [2.45, 2.75) is 25.0 Å².